The van der Waals surface area contributed by atoms with Gasteiger partial charge in [-0.1, -0.05) is 12.1 Å². The lowest BCUT2D eigenvalue weighted by Gasteiger charge is -2.18. The van der Waals surface area contributed by atoms with Gasteiger partial charge in [-0.15, -0.1) is 11.3 Å². The van der Waals surface area contributed by atoms with Gasteiger partial charge >= 0.3 is 0 Å². The van der Waals surface area contributed by atoms with Crippen LogP contribution in [0.15, 0.2) is 57.2 Å². The van der Waals surface area contributed by atoms with Crippen molar-refractivity contribution in [2.75, 3.05) is 6.54 Å². The Balaban J connectivity index is 1.67. The highest BCUT2D eigenvalue weighted by atomic mass is 32.1. The first kappa shape index (κ1) is 16.6. The molecule has 0 aromatic carbocycles. The summed E-state index contributed by atoms with van der Waals surface area (Å²) >= 11 is 5.02. The van der Waals surface area contributed by atoms with Crippen LogP contribution >= 0.6 is 34.0 Å². The summed E-state index contributed by atoms with van der Waals surface area (Å²) in [5.41, 5.74) is 3.75. The van der Waals surface area contributed by atoms with Crippen LogP contribution in [0.3, 0.4) is 0 Å². The summed E-state index contributed by atoms with van der Waals surface area (Å²) in [6, 6.07) is 8.26. The van der Waals surface area contributed by atoms with Gasteiger partial charge in [0.2, 0.25) is 0 Å². The average molecular weight is 362 g/mol. The van der Waals surface area contributed by atoms with E-state index in [1.165, 1.54) is 16.7 Å². The van der Waals surface area contributed by atoms with Crippen molar-refractivity contribution in [1.29, 1.82) is 0 Å². The van der Waals surface area contributed by atoms with Crippen LogP contribution in [0, 0.1) is 0 Å². The standard InChI is InChI=1S/C18H19NOS3/c1-13(18(20)17-3-2-8-23-17)19-7-4-16(14-5-9-21-11-14)15-6-10-22-12-15/h2-6,8-13,18-20H,7H2,1H3. The molecule has 0 aliphatic rings. The molecular formula is C18H19NOS3. The number of thiophene rings is 3. The zero-order chi connectivity index (χ0) is 16.1. The third-order valence-electron chi connectivity index (χ3n) is 3.72. The van der Waals surface area contributed by atoms with Crippen molar-refractivity contribution in [2.45, 2.75) is 19.1 Å². The lowest BCUT2D eigenvalue weighted by atomic mass is 10.0. The zero-order valence-electron chi connectivity index (χ0n) is 12.8. The van der Waals surface area contributed by atoms with Gasteiger partial charge in [0.1, 0.15) is 6.10 Å². The lowest BCUT2D eigenvalue weighted by Crippen LogP contribution is -2.32. The van der Waals surface area contributed by atoms with Crippen molar-refractivity contribution < 1.29 is 5.11 Å². The van der Waals surface area contributed by atoms with E-state index in [-0.39, 0.29) is 6.04 Å². The van der Waals surface area contributed by atoms with Crippen LogP contribution in [0.5, 0.6) is 0 Å². The van der Waals surface area contributed by atoms with Gasteiger partial charge in [0, 0.05) is 17.5 Å². The molecule has 0 saturated heterocycles. The summed E-state index contributed by atoms with van der Waals surface area (Å²) in [6.07, 6.45) is 1.75. The van der Waals surface area contributed by atoms with Crippen LogP contribution in [-0.2, 0) is 0 Å². The van der Waals surface area contributed by atoms with Crippen molar-refractivity contribution in [3.63, 3.8) is 0 Å². The maximum Gasteiger partial charge on any atom is 0.103 e. The molecule has 2 atom stereocenters. The highest BCUT2D eigenvalue weighted by Crippen LogP contribution is 2.27. The normalized spacial score (nSPS) is 13.7. The predicted molar refractivity (Wildman–Crippen MR) is 102 cm³/mol. The van der Waals surface area contributed by atoms with Gasteiger partial charge < -0.3 is 10.4 Å². The molecule has 0 bridgehead atoms. The maximum absolute atomic E-state index is 10.3. The Hall–Kier alpha value is -1.24. The molecule has 2 unspecified atom stereocenters. The Morgan fingerprint density at radius 3 is 2.35 bits per heavy atom. The number of rotatable bonds is 7. The maximum atomic E-state index is 10.3. The van der Waals surface area contributed by atoms with E-state index >= 15 is 0 Å². The van der Waals surface area contributed by atoms with E-state index in [4.69, 9.17) is 0 Å². The van der Waals surface area contributed by atoms with Crippen LogP contribution in [0.4, 0.5) is 0 Å². The zero-order valence-corrected chi connectivity index (χ0v) is 15.3. The number of aliphatic hydroxyl groups is 1. The van der Waals surface area contributed by atoms with Gasteiger partial charge in [0.05, 0.1) is 0 Å². The first-order chi connectivity index (χ1) is 11.3. The Morgan fingerprint density at radius 1 is 1.13 bits per heavy atom. The van der Waals surface area contributed by atoms with Crippen LogP contribution < -0.4 is 5.32 Å². The molecule has 0 radical (unpaired) electrons. The van der Waals surface area contributed by atoms with E-state index in [9.17, 15) is 5.11 Å². The molecule has 3 heterocycles. The van der Waals surface area contributed by atoms with Crippen molar-refractivity contribution in [3.05, 3.63) is 73.2 Å². The molecular weight excluding hydrogens is 342 g/mol. The topological polar surface area (TPSA) is 32.3 Å². The number of nitrogens with one attached hydrogen (secondary N) is 1. The molecule has 0 fully saturated rings. The minimum absolute atomic E-state index is 0.0103. The van der Waals surface area contributed by atoms with Gasteiger partial charge in [-0.3, -0.25) is 0 Å². The first-order valence-electron chi connectivity index (χ1n) is 7.46. The van der Waals surface area contributed by atoms with E-state index in [1.807, 2.05) is 24.4 Å². The molecule has 2 nitrogen and oxygen atoms in total. The largest absolute Gasteiger partial charge is 0.386 e. The van der Waals surface area contributed by atoms with Crippen molar-refractivity contribution in [1.82, 2.24) is 5.32 Å². The second-order valence-electron chi connectivity index (χ2n) is 5.30. The summed E-state index contributed by atoms with van der Waals surface area (Å²) in [7, 11) is 0. The minimum Gasteiger partial charge on any atom is -0.386 e. The monoisotopic (exact) mass is 361 g/mol. The SMILES string of the molecule is CC(NCC=C(c1ccsc1)c1ccsc1)C(O)c1cccs1. The van der Waals surface area contributed by atoms with Gasteiger partial charge in [-0.2, -0.15) is 22.7 Å². The molecule has 3 rings (SSSR count). The summed E-state index contributed by atoms with van der Waals surface area (Å²) in [5, 5.41) is 24.3. The van der Waals surface area contributed by atoms with E-state index in [1.54, 1.807) is 34.0 Å². The Labute approximate surface area is 148 Å². The highest BCUT2D eigenvalue weighted by Gasteiger charge is 2.16. The van der Waals surface area contributed by atoms with Gasteiger partial charge in [-0.05, 0) is 68.7 Å². The smallest absolute Gasteiger partial charge is 0.103 e. The lowest BCUT2D eigenvalue weighted by molar-refractivity contribution is 0.141. The van der Waals surface area contributed by atoms with Crippen LogP contribution in [0.25, 0.3) is 5.57 Å². The van der Waals surface area contributed by atoms with Crippen molar-refractivity contribution >= 4 is 39.6 Å². The first-order valence-corrected chi connectivity index (χ1v) is 10.2. The summed E-state index contributed by atoms with van der Waals surface area (Å²) in [4.78, 5) is 1.00. The highest BCUT2D eigenvalue weighted by molar-refractivity contribution is 7.10. The second-order valence-corrected chi connectivity index (χ2v) is 7.84. The molecule has 3 aromatic rings. The van der Waals surface area contributed by atoms with E-state index < -0.39 is 6.10 Å². The Kier molecular flexibility index (Phi) is 5.80. The second kappa shape index (κ2) is 8.04. The number of hydrogen-bond acceptors (Lipinski definition) is 5. The molecule has 120 valence electrons. The summed E-state index contributed by atoms with van der Waals surface area (Å²) in [5.74, 6) is 0. The third kappa shape index (κ3) is 4.19. The minimum atomic E-state index is -0.464. The molecule has 0 saturated carbocycles. The van der Waals surface area contributed by atoms with Crippen molar-refractivity contribution in [3.8, 4) is 0 Å². The van der Waals surface area contributed by atoms with Gasteiger partial charge in [0.15, 0.2) is 0 Å². The fourth-order valence-corrected chi connectivity index (χ4v) is 4.53. The molecule has 3 aromatic heterocycles. The van der Waals surface area contributed by atoms with E-state index in [0.29, 0.717) is 0 Å². The van der Waals surface area contributed by atoms with E-state index in [0.717, 1.165) is 11.4 Å². The molecule has 0 aliphatic carbocycles. The summed E-state index contributed by atoms with van der Waals surface area (Å²) in [6.45, 7) is 2.75. The fraction of sp³-hybridized carbons (Fsp3) is 0.222. The molecule has 2 N–H and O–H groups in total. The van der Waals surface area contributed by atoms with Gasteiger partial charge in [0.25, 0.3) is 0 Å². The summed E-state index contributed by atoms with van der Waals surface area (Å²) < 4.78 is 0. The molecule has 0 aliphatic heterocycles. The Morgan fingerprint density at radius 2 is 1.83 bits per heavy atom. The molecule has 23 heavy (non-hydrogen) atoms. The number of hydrogen-bond donors (Lipinski definition) is 2. The van der Waals surface area contributed by atoms with Crippen LogP contribution in [-0.4, -0.2) is 17.7 Å². The molecule has 0 spiro atoms. The van der Waals surface area contributed by atoms with Crippen LogP contribution in [0.1, 0.15) is 29.0 Å². The third-order valence-corrected chi connectivity index (χ3v) is 6.03. The van der Waals surface area contributed by atoms with Crippen LogP contribution in [0.2, 0.25) is 0 Å². The Bertz CT molecular complexity index is 678. The quantitative estimate of drug-likeness (QED) is 0.620. The van der Waals surface area contributed by atoms with Gasteiger partial charge in [-0.25, -0.2) is 0 Å². The van der Waals surface area contributed by atoms with E-state index in [2.05, 4.69) is 45.0 Å². The average Bonchev–Trinajstić information content (AvgIpc) is 3.33. The molecule has 5 heteroatoms. The number of aliphatic hydroxyl groups excluding tert-OH is 1. The fourth-order valence-electron chi connectivity index (χ4n) is 2.40. The molecule has 0 amide bonds. The van der Waals surface area contributed by atoms with Crippen molar-refractivity contribution in [2.24, 2.45) is 0 Å². The predicted octanol–water partition coefficient (Wildman–Crippen LogP) is 5.01.